The molecule has 3 N–H and O–H groups in total. The van der Waals surface area contributed by atoms with Crippen LogP contribution in [0.25, 0.3) is 0 Å². The number of ether oxygens (including phenoxy) is 2. The van der Waals surface area contributed by atoms with E-state index < -0.39 is 68.9 Å². The molecule has 36 heavy (non-hydrogen) atoms. The molecule has 0 saturated carbocycles. The van der Waals surface area contributed by atoms with Gasteiger partial charge in [-0.05, 0) is 45.9 Å². The molecular weight excluding hydrogens is 493 g/mol. The molecule has 1 aliphatic rings. The van der Waals surface area contributed by atoms with E-state index in [0.29, 0.717) is 5.56 Å². The minimum atomic E-state index is -3.69. The first kappa shape index (κ1) is 28.1. The summed E-state index contributed by atoms with van der Waals surface area (Å²) in [7, 11) is -3.69. The molecule has 2 aromatic rings. The Morgan fingerprint density at radius 1 is 1.17 bits per heavy atom. The van der Waals surface area contributed by atoms with Crippen molar-refractivity contribution in [2.24, 2.45) is 0 Å². The second-order valence-electron chi connectivity index (χ2n) is 8.74. The second kappa shape index (κ2) is 12.2. The van der Waals surface area contributed by atoms with Gasteiger partial charge in [0.25, 0.3) is 5.91 Å². The average molecular weight is 525 g/mol. The molecular formula is C23H32N3O9P. The fourth-order valence-corrected chi connectivity index (χ4v) is 5.47. The van der Waals surface area contributed by atoms with Crippen LogP contribution in [-0.2, 0) is 23.1 Å². The van der Waals surface area contributed by atoms with Crippen LogP contribution in [0.3, 0.4) is 0 Å². The zero-order valence-electron chi connectivity index (χ0n) is 20.5. The summed E-state index contributed by atoms with van der Waals surface area (Å²) >= 11 is 0. The number of rotatable bonds is 11. The molecule has 1 saturated heterocycles. The highest BCUT2D eigenvalue weighted by Gasteiger charge is 2.47. The van der Waals surface area contributed by atoms with Crippen molar-refractivity contribution in [3.63, 3.8) is 0 Å². The van der Waals surface area contributed by atoms with E-state index in [0.717, 1.165) is 4.57 Å². The maximum atomic E-state index is 13.1. The Morgan fingerprint density at radius 3 is 2.36 bits per heavy atom. The van der Waals surface area contributed by atoms with Gasteiger partial charge in [0.2, 0.25) is 0 Å². The van der Waals surface area contributed by atoms with Crippen LogP contribution in [0.5, 0.6) is 0 Å². The summed E-state index contributed by atoms with van der Waals surface area (Å²) in [6.45, 7) is 6.25. The first-order valence-corrected chi connectivity index (χ1v) is 13.2. The van der Waals surface area contributed by atoms with Crippen molar-refractivity contribution < 1.29 is 38.1 Å². The van der Waals surface area contributed by atoms with Gasteiger partial charge in [-0.25, -0.2) is 4.79 Å². The van der Waals surface area contributed by atoms with Crippen LogP contribution in [0.4, 0.5) is 5.82 Å². The highest BCUT2D eigenvalue weighted by atomic mass is 31.2. The first-order valence-electron chi connectivity index (χ1n) is 11.5. The Kier molecular flexibility index (Phi) is 9.53. The molecule has 0 unspecified atom stereocenters. The number of carbonyl (C=O) groups excluding carboxylic acids is 1. The minimum absolute atomic E-state index is 0.0155. The predicted molar refractivity (Wildman–Crippen MR) is 130 cm³/mol. The van der Waals surface area contributed by atoms with Gasteiger partial charge in [0.05, 0.1) is 18.8 Å². The SMILES string of the molecule is CC(C)OP(=O)(CO[C@H]1[C@@H](O)[C@H](n2ccc(NC(=O)c3ccccc3)nc2=O)O[C@@H]1CO)OC(C)C. The number of benzene rings is 1. The summed E-state index contributed by atoms with van der Waals surface area (Å²) in [5.74, 6) is -0.426. The fourth-order valence-electron chi connectivity index (χ4n) is 3.66. The number of aliphatic hydroxyl groups is 2. The highest BCUT2D eigenvalue weighted by molar-refractivity contribution is 7.53. The van der Waals surface area contributed by atoms with E-state index in [1.54, 1.807) is 58.0 Å². The summed E-state index contributed by atoms with van der Waals surface area (Å²) in [5, 5.41) is 23.2. The first-order chi connectivity index (χ1) is 17.0. The largest absolute Gasteiger partial charge is 0.394 e. The van der Waals surface area contributed by atoms with Gasteiger partial charge in [0, 0.05) is 11.8 Å². The van der Waals surface area contributed by atoms with Crippen molar-refractivity contribution in [3.8, 4) is 0 Å². The van der Waals surface area contributed by atoms with Crippen LogP contribution in [0, 0.1) is 0 Å². The molecule has 1 aromatic carbocycles. The molecule has 4 atom stereocenters. The smallest absolute Gasteiger partial charge is 0.356 e. The molecule has 1 aliphatic heterocycles. The third kappa shape index (κ3) is 7.07. The minimum Gasteiger partial charge on any atom is -0.394 e. The monoisotopic (exact) mass is 525 g/mol. The van der Waals surface area contributed by atoms with E-state index in [2.05, 4.69) is 10.3 Å². The van der Waals surface area contributed by atoms with Crippen molar-refractivity contribution in [3.05, 3.63) is 58.6 Å². The third-order valence-corrected chi connectivity index (χ3v) is 6.99. The van der Waals surface area contributed by atoms with E-state index in [-0.39, 0.29) is 5.82 Å². The van der Waals surface area contributed by atoms with Crippen molar-refractivity contribution >= 4 is 19.3 Å². The van der Waals surface area contributed by atoms with Crippen LogP contribution in [-0.4, -0.2) is 69.1 Å². The van der Waals surface area contributed by atoms with Gasteiger partial charge in [-0.1, -0.05) is 18.2 Å². The quantitative estimate of drug-likeness (QED) is 0.371. The number of nitrogens with zero attached hydrogens (tertiary/aromatic N) is 2. The molecule has 12 nitrogen and oxygen atoms in total. The molecule has 1 aromatic heterocycles. The maximum absolute atomic E-state index is 13.1. The highest BCUT2D eigenvalue weighted by Crippen LogP contribution is 2.51. The van der Waals surface area contributed by atoms with Gasteiger partial charge >= 0.3 is 13.3 Å². The summed E-state index contributed by atoms with van der Waals surface area (Å²) < 4.78 is 36.3. The van der Waals surface area contributed by atoms with E-state index in [4.69, 9.17) is 18.5 Å². The van der Waals surface area contributed by atoms with E-state index in [9.17, 15) is 24.4 Å². The molecule has 2 heterocycles. The molecule has 0 radical (unpaired) electrons. The van der Waals surface area contributed by atoms with Gasteiger partial charge in [0.1, 0.15) is 30.5 Å². The van der Waals surface area contributed by atoms with Crippen LogP contribution >= 0.6 is 7.60 Å². The fraction of sp³-hybridized carbons (Fsp3) is 0.522. The lowest BCUT2D eigenvalue weighted by atomic mass is 10.1. The lowest BCUT2D eigenvalue weighted by Crippen LogP contribution is -2.38. The normalized spacial score (nSPS) is 22.3. The molecule has 1 amide bonds. The number of aromatic nitrogens is 2. The summed E-state index contributed by atoms with van der Waals surface area (Å²) in [6, 6.07) is 9.79. The van der Waals surface area contributed by atoms with Crippen molar-refractivity contribution in [2.75, 3.05) is 18.3 Å². The molecule has 3 rings (SSSR count). The average Bonchev–Trinajstić information content (AvgIpc) is 3.12. The topological polar surface area (TPSA) is 158 Å². The van der Waals surface area contributed by atoms with E-state index in [1.807, 2.05) is 0 Å². The van der Waals surface area contributed by atoms with E-state index in [1.165, 1.54) is 12.3 Å². The Hall–Kier alpha value is -2.44. The molecule has 198 valence electrons. The summed E-state index contributed by atoms with van der Waals surface area (Å²) in [6.07, 6.45) is -4.83. The number of carbonyl (C=O) groups is 1. The van der Waals surface area contributed by atoms with Gasteiger partial charge in [-0.15, -0.1) is 0 Å². The number of amides is 1. The van der Waals surface area contributed by atoms with Crippen molar-refractivity contribution in [1.29, 1.82) is 0 Å². The lowest BCUT2D eigenvalue weighted by molar-refractivity contribution is -0.0593. The van der Waals surface area contributed by atoms with Crippen LogP contribution < -0.4 is 11.0 Å². The zero-order chi connectivity index (χ0) is 26.5. The Labute approximate surface area is 208 Å². The predicted octanol–water partition coefficient (Wildman–Crippen LogP) is 2.13. The molecule has 13 heteroatoms. The molecule has 0 spiro atoms. The number of aliphatic hydroxyl groups excluding tert-OH is 2. The Bertz CT molecular complexity index is 1110. The Balaban J connectivity index is 1.73. The number of hydrogen-bond donors (Lipinski definition) is 3. The second-order valence-corrected chi connectivity index (χ2v) is 10.6. The lowest BCUT2D eigenvalue weighted by Gasteiger charge is -2.26. The Morgan fingerprint density at radius 2 is 1.81 bits per heavy atom. The number of nitrogens with one attached hydrogen (secondary N) is 1. The molecule has 0 aliphatic carbocycles. The molecule has 0 bridgehead atoms. The van der Waals surface area contributed by atoms with Gasteiger partial charge < -0.3 is 34.1 Å². The summed E-state index contributed by atoms with van der Waals surface area (Å²) in [5.41, 5.74) is -0.414. The van der Waals surface area contributed by atoms with Gasteiger partial charge in [-0.3, -0.25) is 13.9 Å². The van der Waals surface area contributed by atoms with Crippen LogP contribution in [0.1, 0.15) is 44.3 Å². The standard InChI is InChI=1S/C23H32N3O9P/c1-14(2)34-36(31,35-15(3)4)13-32-20-17(12-27)33-22(19(20)28)26-11-10-18(25-23(26)30)24-21(29)16-8-6-5-7-9-16/h5-11,14-15,17,19-20,22,27-28H,12-13H2,1-4H3,(H,24,25,29,30)/t17-,19-,20-,22-/m1/s1. The van der Waals surface area contributed by atoms with E-state index >= 15 is 0 Å². The van der Waals surface area contributed by atoms with Crippen LogP contribution in [0.2, 0.25) is 0 Å². The van der Waals surface area contributed by atoms with Gasteiger partial charge in [-0.2, -0.15) is 4.98 Å². The maximum Gasteiger partial charge on any atom is 0.356 e. The van der Waals surface area contributed by atoms with Crippen molar-refractivity contribution in [1.82, 2.24) is 9.55 Å². The third-order valence-electron chi connectivity index (χ3n) is 5.04. The zero-order valence-corrected chi connectivity index (χ0v) is 21.4. The summed E-state index contributed by atoms with van der Waals surface area (Å²) in [4.78, 5) is 28.8. The number of anilines is 1. The van der Waals surface area contributed by atoms with Gasteiger partial charge in [0.15, 0.2) is 6.23 Å². The molecule has 1 fully saturated rings. The van der Waals surface area contributed by atoms with Crippen LogP contribution in [0.15, 0.2) is 47.4 Å². The van der Waals surface area contributed by atoms with Crippen molar-refractivity contribution in [2.45, 2.75) is 64.4 Å². The number of hydrogen-bond acceptors (Lipinski definition) is 10.